The minimum absolute atomic E-state index is 0.0631. The SMILES string of the molecule is O=C(c1ccccc1)N(Cc1ccc(Cl)cc1)[C@@H]1O[C@H](CO)[C@H](O)[C@H](O)[C@H]1O. The molecule has 150 valence electrons. The smallest absolute Gasteiger partial charge is 0.256 e. The van der Waals surface area contributed by atoms with Gasteiger partial charge >= 0.3 is 0 Å². The maximum absolute atomic E-state index is 13.1. The summed E-state index contributed by atoms with van der Waals surface area (Å²) in [5.41, 5.74) is 1.10. The second-order valence-corrected chi connectivity index (χ2v) is 7.08. The number of aliphatic hydroxyl groups is 4. The molecule has 3 rings (SSSR count). The van der Waals surface area contributed by atoms with Crippen molar-refractivity contribution in [3.63, 3.8) is 0 Å². The molecule has 1 heterocycles. The first-order chi connectivity index (χ1) is 13.4. The zero-order valence-corrected chi connectivity index (χ0v) is 15.7. The summed E-state index contributed by atoms with van der Waals surface area (Å²) in [6, 6.07) is 15.3. The quantitative estimate of drug-likeness (QED) is 0.583. The van der Waals surface area contributed by atoms with Gasteiger partial charge in [-0.2, -0.15) is 0 Å². The third-order valence-corrected chi connectivity index (χ3v) is 4.97. The molecular weight excluding hydrogens is 386 g/mol. The third kappa shape index (κ3) is 4.35. The summed E-state index contributed by atoms with van der Waals surface area (Å²) < 4.78 is 5.60. The lowest BCUT2D eigenvalue weighted by atomic mass is 9.97. The van der Waals surface area contributed by atoms with Gasteiger partial charge in [0.15, 0.2) is 6.23 Å². The van der Waals surface area contributed by atoms with E-state index in [1.165, 1.54) is 4.90 Å². The van der Waals surface area contributed by atoms with Gasteiger partial charge in [0.2, 0.25) is 0 Å². The van der Waals surface area contributed by atoms with Crippen LogP contribution in [0.5, 0.6) is 0 Å². The molecule has 1 aliphatic rings. The van der Waals surface area contributed by atoms with Gasteiger partial charge in [-0.05, 0) is 29.8 Å². The van der Waals surface area contributed by atoms with Gasteiger partial charge in [0.25, 0.3) is 5.91 Å². The molecule has 2 aromatic rings. The first-order valence-corrected chi connectivity index (χ1v) is 9.21. The summed E-state index contributed by atoms with van der Waals surface area (Å²) >= 11 is 5.92. The van der Waals surface area contributed by atoms with Crippen molar-refractivity contribution in [2.24, 2.45) is 0 Å². The molecule has 8 heteroatoms. The van der Waals surface area contributed by atoms with Gasteiger partial charge in [0.05, 0.1) is 6.61 Å². The number of hydrogen-bond acceptors (Lipinski definition) is 6. The minimum atomic E-state index is -1.58. The highest BCUT2D eigenvalue weighted by molar-refractivity contribution is 6.30. The van der Waals surface area contributed by atoms with E-state index in [2.05, 4.69) is 0 Å². The zero-order valence-electron chi connectivity index (χ0n) is 14.9. The third-order valence-electron chi connectivity index (χ3n) is 4.72. The van der Waals surface area contributed by atoms with Crippen molar-refractivity contribution in [2.45, 2.75) is 37.2 Å². The Labute approximate surface area is 167 Å². The Bertz CT molecular complexity index is 785. The number of carbonyl (C=O) groups excluding carboxylic acids is 1. The highest BCUT2D eigenvalue weighted by atomic mass is 35.5. The Morgan fingerprint density at radius 3 is 2.21 bits per heavy atom. The van der Waals surface area contributed by atoms with E-state index in [0.29, 0.717) is 10.6 Å². The van der Waals surface area contributed by atoms with Crippen molar-refractivity contribution in [2.75, 3.05) is 6.61 Å². The topological polar surface area (TPSA) is 110 Å². The van der Waals surface area contributed by atoms with Crippen LogP contribution in [0.25, 0.3) is 0 Å². The molecule has 1 saturated heterocycles. The molecule has 5 atom stereocenters. The maximum atomic E-state index is 13.1. The molecule has 1 fully saturated rings. The molecule has 1 amide bonds. The molecule has 7 nitrogen and oxygen atoms in total. The van der Waals surface area contributed by atoms with Crippen LogP contribution in [-0.4, -0.2) is 68.5 Å². The van der Waals surface area contributed by atoms with E-state index < -0.39 is 43.2 Å². The second kappa shape index (κ2) is 9.00. The van der Waals surface area contributed by atoms with Crippen LogP contribution in [-0.2, 0) is 11.3 Å². The van der Waals surface area contributed by atoms with E-state index in [4.69, 9.17) is 16.3 Å². The van der Waals surface area contributed by atoms with Crippen LogP contribution in [0.3, 0.4) is 0 Å². The van der Waals surface area contributed by atoms with Crippen molar-refractivity contribution >= 4 is 17.5 Å². The van der Waals surface area contributed by atoms with Crippen molar-refractivity contribution in [3.8, 4) is 0 Å². The average molecular weight is 408 g/mol. The number of halogens is 1. The van der Waals surface area contributed by atoms with Crippen LogP contribution in [0.15, 0.2) is 54.6 Å². The molecule has 28 heavy (non-hydrogen) atoms. The molecule has 4 N–H and O–H groups in total. The number of rotatable bonds is 5. The number of nitrogens with zero attached hydrogens (tertiary/aromatic N) is 1. The number of carbonyl (C=O) groups is 1. The Balaban J connectivity index is 1.94. The Kier molecular flexibility index (Phi) is 6.66. The predicted molar refractivity (Wildman–Crippen MR) is 102 cm³/mol. The molecule has 0 aromatic heterocycles. The fraction of sp³-hybridized carbons (Fsp3) is 0.350. The van der Waals surface area contributed by atoms with Gasteiger partial charge < -0.3 is 30.1 Å². The lowest BCUT2D eigenvalue weighted by molar-refractivity contribution is -0.258. The van der Waals surface area contributed by atoms with Crippen molar-refractivity contribution < 1.29 is 30.0 Å². The van der Waals surface area contributed by atoms with E-state index in [1.54, 1.807) is 54.6 Å². The van der Waals surface area contributed by atoms with Gasteiger partial charge in [-0.25, -0.2) is 0 Å². The molecule has 0 spiro atoms. The Morgan fingerprint density at radius 1 is 0.964 bits per heavy atom. The molecule has 0 aliphatic carbocycles. The number of benzene rings is 2. The standard InChI is InChI=1S/C20H22ClNO6/c21-14-8-6-12(7-9-14)10-22(19(27)13-4-2-1-3-5-13)20-18(26)17(25)16(24)15(11-23)28-20/h1-9,15-18,20,23-26H,10-11H2/t15-,16+,17+,18-,20-/m1/s1. The predicted octanol–water partition coefficient (Wildman–Crippen LogP) is 0.782. The van der Waals surface area contributed by atoms with Crippen molar-refractivity contribution in [1.82, 2.24) is 4.90 Å². The van der Waals surface area contributed by atoms with Gasteiger partial charge in [-0.1, -0.05) is 41.9 Å². The van der Waals surface area contributed by atoms with Crippen LogP contribution < -0.4 is 0 Å². The van der Waals surface area contributed by atoms with E-state index in [-0.39, 0.29) is 6.54 Å². The first-order valence-electron chi connectivity index (χ1n) is 8.83. The van der Waals surface area contributed by atoms with E-state index >= 15 is 0 Å². The van der Waals surface area contributed by atoms with Gasteiger partial charge in [-0.15, -0.1) is 0 Å². The lowest BCUT2D eigenvalue weighted by Crippen LogP contribution is -2.63. The van der Waals surface area contributed by atoms with Crippen LogP contribution in [0.1, 0.15) is 15.9 Å². The molecule has 0 saturated carbocycles. The molecule has 0 unspecified atom stereocenters. The summed E-state index contributed by atoms with van der Waals surface area (Å²) in [7, 11) is 0. The fourth-order valence-corrected chi connectivity index (χ4v) is 3.28. The van der Waals surface area contributed by atoms with Gasteiger partial charge in [0, 0.05) is 17.1 Å². The Hall–Kier alpha value is -2.00. The normalized spacial score (nSPS) is 27.4. The number of aliphatic hydroxyl groups excluding tert-OH is 4. The highest BCUT2D eigenvalue weighted by Gasteiger charge is 2.47. The van der Waals surface area contributed by atoms with Crippen LogP contribution >= 0.6 is 11.6 Å². The van der Waals surface area contributed by atoms with Crippen LogP contribution in [0.2, 0.25) is 5.02 Å². The van der Waals surface area contributed by atoms with E-state index in [1.807, 2.05) is 0 Å². The molecule has 1 aliphatic heterocycles. The summed E-state index contributed by atoms with van der Waals surface area (Å²) in [5, 5.41) is 40.6. The van der Waals surface area contributed by atoms with Crippen molar-refractivity contribution in [3.05, 3.63) is 70.7 Å². The van der Waals surface area contributed by atoms with Crippen LogP contribution in [0.4, 0.5) is 0 Å². The fourth-order valence-electron chi connectivity index (χ4n) is 3.15. The number of hydrogen-bond donors (Lipinski definition) is 4. The summed E-state index contributed by atoms with van der Waals surface area (Å²) in [5.74, 6) is -0.431. The molecule has 0 bridgehead atoms. The second-order valence-electron chi connectivity index (χ2n) is 6.64. The number of ether oxygens (including phenoxy) is 1. The average Bonchev–Trinajstić information content (AvgIpc) is 2.72. The van der Waals surface area contributed by atoms with E-state index in [0.717, 1.165) is 5.56 Å². The maximum Gasteiger partial charge on any atom is 0.256 e. The highest BCUT2D eigenvalue weighted by Crippen LogP contribution is 2.26. The Morgan fingerprint density at radius 2 is 1.61 bits per heavy atom. The van der Waals surface area contributed by atoms with Crippen LogP contribution in [0, 0.1) is 0 Å². The summed E-state index contributed by atoms with van der Waals surface area (Å²) in [6.07, 6.45) is -7.01. The molecular formula is C20H22ClNO6. The lowest BCUT2D eigenvalue weighted by Gasteiger charge is -2.44. The minimum Gasteiger partial charge on any atom is -0.394 e. The molecule has 0 radical (unpaired) electrons. The zero-order chi connectivity index (χ0) is 20.3. The van der Waals surface area contributed by atoms with Gasteiger partial charge in [-0.3, -0.25) is 4.79 Å². The summed E-state index contributed by atoms with van der Waals surface area (Å²) in [6.45, 7) is -0.511. The first kappa shape index (κ1) is 20.7. The van der Waals surface area contributed by atoms with Crippen molar-refractivity contribution in [1.29, 1.82) is 0 Å². The molecule has 2 aromatic carbocycles. The monoisotopic (exact) mass is 407 g/mol. The summed E-state index contributed by atoms with van der Waals surface area (Å²) in [4.78, 5) is 14.4. The van der Waals surface area contributed by atoms with E-state index in [9.17, 15) is 25.2 Å². The number of amides is 1. The van der Waals surface area contributed by atoms with Gasteiger partial charge in [0.1, 0.15) is 24.4 Å². The largest absolute Gasteiger partial charge is 0.394 e.